The van der Waals surface area contributed by atoms with Crippen LogP contribution < -0.4 is 5.32 Å². The van der Waals surface area contributed by atoms with Gasteiger partial charge in [0.2, 0.25) is 11.8 Å². The third-order valence-electron chi connectivity index (χ3n) is 3.98. The minimum absolute atomic E-state index is 0.219. The number of aldehydes is 1. The van der Waals surface area contributed by atoms with Crippen LogP contribution in [0, 0.1) is 0 Å². The summed E-state index contributed by atoms with van der Waals surface area (Å²) in [5.74, 6) is 0.484. The van der Waals surface area contributed by atoms with Gasteiger partial charge in [0.15, 0.2) is 0 Å². The van der Waals surface area contributed by atoms with Gasteiger partial charge in [0.1, 0.15) is 6.29 Å². The number of imide groups is 1. The third kappa shape index (κ3) is 4.91. The predicted molar refractivity (Wildman–Crippen MR) is 98.6 cm³/mol. The van der Waals surface area contributed by atoms with Crippen LogP contribution in [-0.4, -0.2) is 47.2 Å². The van der Waals surface area contributed by atoms with Crippen molar-refractivity contribution in [3.8, 4) is 0 Å². The second-order valence-corrected chi connectivity index (χ2v) is 7.64. The Labute approximate surface area is 154 Å². The fraction of sp³-hybridized carbons (Fsp3) is 0.471. The van der Waals surface area contributed by atoms with Gasteiger partial charge in [-0.3, -0.25) is 24.6 Å². The number of piperidine rings is 1. The molecule has 5 nitrogen and oxygen atoms in total. The van der Waals surface area contributed by atoms with Crippen LogP contribution in [-0.2, 0) is 16.1 Å². The van der Waals surface area contributed by atoms with E-state index < -0.39 is 0 Å². The average Bonchev–Trinajstić information content (AvgIpc) is 2.56. The number of alkyl halides is 1. The standard InChI is InChI=1S/C17H21BrN2O3S/c1-20(14-6-7-16(22)19-17(14)23)10-13-12(11-21)4-2-5-15(13)24-9-3-8-18/h2,4-5,11,14H,3,6-10H2,1H3,(H,19,22,23). The maximum Gasteiger partial charge on any atom is 0.243 e. The van der Waals surface area contributed by atoms with E-state index in [9.17, 15) is 14.4 Å². The summed E-state index contributed by atoms with van der Waals surface area (Å²) < 4.78 is 0. The van der Waals surface area contributed by atoms with Crippen molar-refractivity contribution >= 4 is 45.8 Å². The molecule has 0 aromatic heterocycles. The van der Waals surface area contributed by atoms with Crippen LogP contribution in [0.5, 0.6) is 0 Å². The van der Waals surface area contributed by atoms with Crippen LogP contribution in [0.3, 0.4) is 0 Å². The Hall–Kier alpha value is -1.18. The molecule has 7 heteroatoms. The van der Waals surface area contributed by atoms with Crippen LogP contribution in [0.1, 0.15) is 35.2 Å². The molecule has 1 saturated heterocycles. The number of amides is 2. The Kier molecular flexibility index (Phi) is 7.45. The molecule has 1 atom stereocenters. The Morgan fingerprint density at radius 1 is 1.42 bits per heavy atom. The quantitative estimate of drug-likeness (QED) is 0.233. The highest BCUT2D eigenvalue weighted by molar-refractivity contribution is 9.09. The fourth-order valence-corrected chi connectivity index (χ4v) is 4.39. The molecule has 1 heterocycles. The molecule has 24 heavy (non-hydrogen) atoms. The third-order valence-corrected chi connectivity index (χ3v) is 5.73. The lowest BCUT2D eigenvalue weighted by molar-refractivity contribution is -0.137. The summed E-state index contributed by atoms with van der Waals surface area (Å²) >= 11 is 5.14. The summed E-state index contributed by atoms with van der Waals surface area (Å²) in [5.41, 5.74) is 1.59. The molecule has 0 spiro atoms. The van der Waals surface area contributed by atoms with Crippen molar-refractivity contribution in [1.82, 2.24) is 10.2 Å². The monoisotopic (exact) mass is 412 g/mol. The smallest absolute Gasteiger partial charge is 0.243 e. The van der Waals surface area contributed by atoms with E-state index in [2.05, 4.69) is 21.2 Å². The van der Waals surface area contributed by atoms with Crippen LogP contribution in [0.15, 0.2) is 23.1 Å². The molecule has 2 rings (SSSR count). The lowest BCUT2D eigenvalue weighted by Crippen LogP contribution is -2.51. The van der Waals surface area contributed by atoms with Gasteiger partial charge in [-0.15, -0.1) is 11.8 Å². The number of benzene rings is 1. The number of nitrogens with zero attached hydrogens (tertiary/aromatic N) is 1. The van der Waals surface area contributed by atoms with Crippen molar-refractivity contribution in [2.24, 2.45) is 0 Å². The normalized spacial score (nSPS) is 17.9. The van der Waals surface area contributed by atoms with E-state index >= 15 is 0 Å². The molecule has 0 radical (unpaired) electrons. The second kappa shape index (κ2) is 9.34. The van der Waals surface area contributed by atoms with Gasteiger partial charge in [0.05, 0.1) is 6.04 Å². The lowest BCUT2D eigenvalue weighted by atomic mass is 10.0. The van der Waals surface area contributed by atoms with Gasteiger partial charge in [-0.2, -0.15) is 0 Å². The Morgan fingerprint density at radius 3 is 2.88 bits per heavy atom. The van der Waals surface area contributed by atoms with Gasteiger partial charge in [0, 0.05) is 28.8 Å². The summed E-state index contributed by atoms with van der Waals surface area (Å²) in [5, 5.41) is 3.32. The molecule has 1 fully saturated rings. The summed E-state index contributed by atoms with van der Waals surface area (Å²) in [6, 6.07) is 5.35. The Bertz CT molecular complexity index is 624. The van der Waals surface area contributed by atoms with Crippen molar-refractivity contribution < 1.29 is 14.4 Å². The number of carbonyl (C=O) groups is 3. The van der Waals surface area contributed by atoms with Gasteiger partial charge < -0.3 is 0 Å². The summed E-state index contributed by atoms with van der Waals surface area (Å²) in [6.07, 6.45) is 2.76. The topological polar surface area (TPSA) is 66.5 Å². The van der Waals surface area contributed by atoms with Crippen LogP contribution >= 0.6 is 27.7 Å². The molecule has 130 valence electrons. The van der Waals surface area contributed by atoms with Gasteiger partial charge in [0.25, 0.3) is 0 Å². The van der Waals surface area contributed by atoms with E-state index in [1.807, 2.05) is 24.1 Å². The van der Waals surface area contributed by atoms with Crippen LogP contribution in [0.25, 0.3) is 0 Å². The first-order valence-electron chi connectivity index (χ1n) is 7.86. The van der Waals surface area contributed by atoms with Gasteiger partial charge >= 0.3 is 0 Å². The summed E-state index contributed by atoms with van der Waals surface area (Å²) in [7, 11) is 1.86. The molecule has 1 N–H and O–H groups in total. The second-order valence-electron chi connectivity index (χ2n) is 5.71. The molecule has 0 saturated carbocycles. The Balaban J connectivity index is 2.15. The van der Waals surface area contributed by atoms with Crippen molar-refractivity contribution in [1.29, 1.82) is 0 Å². The molecule has 2 amide bonds. The zero-order valence-corrected chi connectivity index (χ0v) is 16.0. The average molecular weight is 413 g/mol. The number of rotatable bonds is 8. The lowest BCUT2D eigenvalue weighted by Gasteiger charge is -2.30. The maximum atomic E-state index is 12.0. The molecule has 0 aliphatic carbocycles. The van der Waals surface area contributed by atoms with Gasteiger partial charge in [-0.25, -0.2) is 0 Å². The zero-order valence-electron chi connectivity index (χ0n) is 13.6. The first-order chi connectivity index (χ1) is 11.6. The summed E-state index contributed by atoms with van der Waals surface area (Å²) in [6.45, 7) is 0.498. The van der Waals surface area contributed by atoms with E-state index in [0.29, 0.717) is 24.9 Å². The number of likely N-dealkylation sites (N-methyl/N-ethyl adjacent to an activating group) is 1. The Morgan fingerprint density at radius 2 is 2.21 bits per heavy atom. The molecular formula is C17H21BrN2O3S. The largest absolute Gasteiger partial charge is 0.298 e. The number of hydrogen-bond donors (Lipinski definition) is 1. The number of halogens is 1. The van der Waals surface area contributed by atoms with Crippen LogP contribution in [0.4, 0.5) is 0 Å². The molecule has 0 bridgehead atoms. The predicted octanol–water partition coefficient (Wildman–Crippen LogP) is 2.61. The van der Waals surface area contributed by atoms with E-state index in [1.54, 1.807) is 17.8 Å². The molecule has 1 unspecified atom stereocenters. The fourth-order valence-electron chi connectivity index (χ4n) is 2.70. The number of hydrogen-bond acceptors (Lipinski definition) is 5. The van der Waals surface area contributed by atoms with E-state index in [1.165, 1.54) is 0 Å². The van der Waals surface area contributed by atoms with Crippen molar-refractivity contribution in [2.45, 2.75) is 36.7 Å². The molecule has 1 aliphatic heterocycles. The van der Waals surface area contributed by atoms with E-state index in [0.717, 1.165) is 34.2 Å². The molecule has 1 aromatic carbocycles. The van der Waals surface area contributed by atoms with E-state index in [-0.39, 0.29) is 17.9 Å². The number of nitrogens with one attached hydrogen (secondary N) is 1. The number of thioether (sulfide) groups is 1. The SMILES string of the molecule is CN(Cc1c(C=O)cccc1SCCCBr)C1CCC(=O)NC1=O. The van der Waals surface area contributed by atoms with Crippen molar-refractivity contribution in [3.05, 3.63) is 29.3 Å². The maximum absolute atomic E-state index is 12.0. The van der Waals surface area contributed by atoms with E-state index in [4.69, 9.17) is 0 Å². The van der Waals surface area contributed by atoms with Crippen LogP contribution in [0.2, 0.25) is 0 Å². The first kappa shape index (κ1) is 19.1. The summed E-state index contributed by atoms with van der Waals surface area (Å²) in [4.78, 5) is 37.7. The van der Waals surface area contributed by atoms with Gasteiger partial charge in [-0.1, -0.05) is 28.1 Å². The van der Waals surface area contributed by atoms with Crippen molar-refractivity contribution in [2.75, 3.05) is 18.1 Å². The highest BCUT2D eigenvalue weighted by atomic mass is 79.9. The molecule has 1 aromatic rings. The highest BCUT2D eigenvalue weighted by Crippen LogP contribution is 2.28. The van der Waals surface area contributed by atoms with Crippen molar-refractivity contribution in [3.63, 3.8) is 0 Å². The minimum Gasteiger partial charge on any atom is -0.298 e. The van der Waals surface area contributed by atoms with Gasteiger partial charge in [-0.05, 0) is 37.3 Å². The zero-order chi connectivity index (χ0) is 17.5. The molecule has 1 aliphatic rings. The minimum atomic E-state index is -0.345. The molecular weight excluding hydrogens is 392 g/mol. The number of carbonyl (C=O) groups excluding carboxylic acids is 3. The first-order valence-corrected chi connectivity index (χ1v) is 9.97. The highest BCUT2D eigenvalue weighted by Gasteiger charge is 2.30.